The summed E-state index contributed by atoms with van der Waals surface area (Å²) >= 11 is 12.7. The van der Waals surface area contributed by atoms with E-state index in [4.69, 9.17) is 27.9 Å². The second-order valence-electron chi connectivity index (χ2n) is 14.1. The Kier molecular flexibility index (Phi) is 13.3. The van der Waals surface area contributed by atoms with Gasteiger partial charge in [0.2, 0.25) is 6.41 Å². The minimum Gasteiger partial charge on any atom is -0.446 e. The monoisotopic (exact) mass is 747 g/mol. The van der Waals surface area contributed by atoms with Crippen molar-refractivity contribution in [3.63, 3.8) is 0 Å². The molecule has 1 saturated carbocycles. The Labute approximate surface area is 316 Å². The Hall–Kier alpha value is -3.92. The zero-order valence-corrected chi connectivity index (χ0v) is 31.4. The van der Waals surface area contributed by atoms with E-state index in [0.29, 0.717) is 26.2 Å². The fourth-order valence-electron chi connectivity index (χ4n) is 7.55. The van der Waals surface area contributed by atoms with Gasteiger partial charge >= 0.3 is 6.09 Å². The topological polar surface area (TPSA) is 70.9 Å². The van der Waals surface area contributed by atoms with E-state index in [1.54, 1.807) is 23.4 Å². The zero-order valence-electron chi connectivity index (χ0n) is 29.9. The van der Waals surface area contributed by atoms with Gasteiger partial charge in [-0.25, -0.2) is 14.2 Å². The zero-order chi connectivity index (χ0) is 36.5. The van der Waals surface area contributed by atoms with Gasteiger partial charge in [0.25, 0.3) is 0 Å². The van der Waals surface area contributed by atoms with Crippen molar-refractivity contribution in [2.45, 2.75) is 83.5 Å². The standard InChI is InChI=1S/C26H30Cl2N2O2.C15H18FN3O/c27-20-8-10-23-18(16-20)6-7-19-17-21(28)9-11-24(19)25(23)29-12-14-30(15-13-29)26(31)32-22-4-2-1-3-5-22;1-13-9-18(11-17-13)7-2-8-19(12-20)10-14-3-5-15(16)6-4-14/h8-11,16-17,22,25H,1-7,12-15H2;3-6,9,11-12H,2,7-8,10H2,1H3. The molecule has 0 unspecified atom stereocenters. The second kappa shape index (κ2) is 18.2. The lowest BCUT2D eigenvalue weighted by molar-refractivity contribution is -0.118. The number of hydrogen-bond acceptors (Lipinski definition) is 5. The molecule has 1 aliphatic heterocycles. The van der Waals surface area contributed by atoms with E-state index in [-0.39, 0.29) is 24.1 Å². The van der Waals surface area contributed by atoms with E-state index in [0.717, 1.165) is 79.5 Å². The average molecular weight is 749 g/mol. The summed E-state index contributed by atoms with van der Waals surface area (Å²) < 4.78 is 20.6. The third kappa shape index (κ3) is 10.1. The molecule has 276 valence electrons. The summed E-state index contributed by atoms with van der Waals surface area (Å²) in [7, 11) is 0. The third-order valence-electron chi connectivity index (χ3n) is 10.3. The van der Waals surface area contributed by atoms with Crippen LogP contribution in [0.1, 0.15) is 78.1 Å². The number of halogens is 3. The Bertz CT molecular complexity index is 1730. The van der Waals surface area contributed by atoms with Crippen molar-refractivity contribution in [3.8, 4) is 0 Å². The number of aryl methyl sites for hydroxylation is 4. The van der Waals surface area contributed by atoms with Crippen molar-refractivity contribution >= 4 is 35.7 Å². The number of nitrogens with zero attached hydrogens (tertiary/aromatic N) is 5. The lowest BCUT2D eigenvalue weighted by atomic mass is 9.92. The van der Waals surface area contributed by atoms with Crippen LogP contribution in [0.15, 0.2) is 73.2 Å². The minimum atomic E-state index is -0.262. The number of carbonyl (C=O) groups is 2. The smallest absolute Gasteiger partial charge is 0.410 e. The molecule has 0 radical (unpaired) electrons. The molecule has 2 fully saturated rings. The molecule has 2 aliphatic carbocycles. The molecule has 52 heavy (non-hydrogen) atoms. The van der Waals surface area contributed by atoms with E-state index >= 15 is 0 Å². The van der Waals surface area contributed by atoms with Gasteiger partial charge in [-0.15, -0.1) is 0 Å². The third-order valence-corrected chi connectivity index (χ3v) is 10.8. The fourth-order valence-corrected chi connectivity index (χ4v) is 7.94. The lowest BCUT2D eigenvalue weighted by Gasteiger charge is -2.40. The number of amides is 2. The predicted molar refractivity (Wildman–Crippen MR) is 203 cm³/mol. The van der Waals surface area contributed by atoms with E-state index < -0.39 is 0 Å². The van der Waals surface area contributed by atoms with Gasteiger partial charge in [0.15, 0.2) is 0 Å². The first-order valence-electron chi connectivity index (χ1n) is 18.4. The van der Waals surface area contributed by atoms with E-state index in [1.165, 1.54) is 53.6 Å². The van der Waals surface area contributed by atoms with Gasteiger partial charge in [-0.3, -0.25) is 9.69 Å². The number of hydrogen-bond donors (Lipinski definition) is 0. The van der Waals surface area contributed by atoms with Crippen LogP contribution in [0.2, 0.25) is 10.0 Å². The largest absolute Gasteiger partial charge is 0.446 e. The van der Waals surface area contributed by atoms with Crippen molar-refractivity contribution in [1.82, 2.24) is 24.3 Å². The number of rotatable bonds is 9. The van der Waals surface area contributed by atoms with E-state index in [2.05, 4.69) is 34.1 Å². The number of carbonyl (C=O) groups excluding carboxylic acids is 2. The summed E-state index contributed by atoms with van der Waals surface area (Å²) in [6.45, 7) is 6.95. The Morgan fingerprint density at radius 1 is 0.923 bits per heavy atom. The molecule has 3 aromatic carbocycles. The summed E-state index contributed by atoms with van der Waals surface area (Å²) in [5.41, 5.74) is 7.14. The van der Waals surface area contributed by atoms with Crippen LogP contribution in [0.25, 0.3) is 0 Å². The van der Waals surface area contributed by atoms with Crippen LogP contribution in [-0.4, -0.2) is 75.6 Å². The molecule has 4 aromatic rings. The molecule has 0 bridgehead atoms. The van der Waals surface area contributed by atoms with Gasteiger partial charge in [0.05, 0.1) is 18.1 Å². The molecule has 0 atom stereocenters. The van der Waals surface area contributed by atoms with Crippen LogP contribution in [-0.2, 0) is 35.5 Å². The van der Waals surface area contributed by atoms with Crippen LogP contribution in [0, 0.1) is 12.7 Å². The first-order valence-corrected chi connectivity index (χ1v) is 19.2. The van der Waals surface area contributed by atoms with Crippen molar-refractivity contribution < 1.29 is 18.7 Å². The highest BCUT2D eigenvalue weighted by Crippen LogP contribution is 2.39. The Balaban J connectivity index is 0.000000200. The molecular weight excluding hydrogens is 700 g/mol. The maximum atomic E-state index is 12.8. The normalized spacial score (nSPS) is 16.6. The molecule has 1 aromatic heterocycles. The van der Waals surface area contributed by atoms with Gasteiger partial charge in [0, 0.05) is 62.1 Å². The molecule has 11 heteroatoms. The van der Waals surface area contributed by atoms with Crippen LogP contribution in [0.5, 0.6) is 0 Å². The number of aromatic nitrogens is 2. The van der Waals surface area contributed by atoms with E-state index in [1.807, 2.05) is 34.7 Å². The maximum Gasteiger partial charge on any atom is 0.410 e. The average Bonchev–Trinajstić information content (AvgIpc) is 3.50. The highest BCUT2D eigenvalue weighted by atomic mass is 35.5. The first kappa shape index (κ1) is 37.8. The molecule has 3 aliphatic rings. The van der Waals surface area contributed by atoms with Crippen LogP contribution < -0.4 is 0 Å². The number of ether oxygens (including phenoxy) is 1. The molecule has 0 N–H and O–H groups in total. The van der Waals surface area contributed by atoms with Gasteiger partial charge in [-0.2, -0.15) is 0 Å². The summed E-state index contributed by atoms with van der Waals surface area (Å²) in [6, 6.07) is 18.9. The Morgan fingerprint density at radius 3 is 2.13 bits per heavy atom. The van der Waals surface area contributed by atoms with Crippen molar-refractivity contribution in [1.29, 1.82) is 0 Å². The van der Waals surface area contributed by atoms with Gasteiger partial charge < -0.3 is 19.1 Å². The lowest BCUT2D eigenvalue weighted by Crippen LogP contribution is -2.50. The number of benzene rings is 3. The van der Waals surface area contributed by atoms with Crippen LogP contribution in [0.3, 0.4) is 0 Å². The maximum absolute atomic E-state index is 12.8. The van der Waals surface area contributed by atoms with Crippen molar-refractivity contribution in [3.05, 3.63) is 123 Å². The molecule has 2 heterocycles. The molecular formula is C41H48Cl2FN5O3. The molecule has 2 amide bonds. The highest BCUT2D eigenvalue weighted by Gasteiger charge is 2.33. The van der Waals surface area contributed by atoms with Crippen molar-refractivity contribution in [2.75, 3.05) is 32.7 Å². The van der Waals surface area contributed by atoms with E-state index in [9.17, 15) is 14.0 Å². The van der Waals surface area contributed by atoms with Crippen molar-refractivity contribution in [2.24, 2.45) is 0 Å². The highest BCUT2D eigenvalue weighted by molar-refractivity contribution is 6.31. The summed E-state index contributed by atoms with van der Waals surface area (Å²) in [5, 5.41) is 1.56. The summed E-state index contributed by atoms with van der Waals surface area (Å²) in [6.07, 6.45) is 12.9. The van der Waals surface area contributed by atoms with Gasteiger partial charge in [0.1, 0.15) is 11.9 Å². The Morgan fingerprint density at radius 2 is 1.56 bits per heavy atom. The summed E-state index contributed by atoms with van der Waals surface area (Å²) in [5.74, 6) is -0.262. The van der Waals surface area contributed by atoms with Crippen LogP contribution in [0.4, 0.5) is 9.18 Å². The molecule has 7 rings (SSSR count). The van der Waals surface area contributed by atoms with Crippen LogP contribution >= 0.6 is 23.2 Å². The molecule has 8 nitrogen and oxygen atoms in total. The number of fused-ring (bicyclic) bond motifs is 2. The second-order valence-corrected chi connectivity index (χ2v) is 14.9. The minimum absolute atomic E-state index is 0.101. The SMILES string of the molecule is Cc1cn(CCCN(C=O)Cc2ccc(F)cc2)cn1.O=C(OC1CCCCC1)N1CCN(C2c3ccc(Cl)cc3CCc3cc(Cl)ccc32)CC1. The first-order chi connectivity index (χ1) is 25.2. The quantitative estimate of drug-likeness (QED) is 0.160. The van der Waals surface area contributed by atoms with Gasteiger partial charge in [-0.1, -0.05) is 53.9 Å². The molecule has 0 spiro atoms. The number of piperazine rings is 1. The molecule has 1 saturated heterocycles. The van der Waals surface area contributed by atoms with Gasteiger partial charge in [-0.05, 0) is 116 Å². The fraction of sp³-hybridized carbons (Fsp3) is 0.439. The summed E-state index contributed by atoms with van der Waals surface area (Å²) in [4.78, 5) is 34.0. The predicted octanol–water partition coefficient (Wildman–Crippen LogP) is 8.65. The number of imidazole rings is 1.